The van der Waals surface area contributed by atoms with Crippen LogP contribution < -0.4 is 0 Å². The predicted octanol–water partition coefficient (Wildman–Crippen LogP) is 2.60. The van der Waals surface area contributed by atoms with Crippen LogP contribution in [0.2, 0.25) is 0 Å². The van der Waals surface area contributed by atoms with Gasteiger partial charge in [-0.1, -0.05) is 6.07 Å². The fourth-order valence-electron chi connectivity index (χ4n) is 1.08. The molecule has 2 nitrogen and oxygen atoms in total. The monoisotopic (exact) mass is 259 g/mol. The number of aryl methyl sites for hydroxylation is 1. The maximum atomic E-state index is 13.6. The van der Waals surface area contributed by atoms with Crippen molar-refractivity contribution in [2.75, 3.05) is 14.1 Å². The summed E-state index contributed by atoms with van der Waals surface area (Å²) >= 11 is 3.16. The number of carbonyl (C=O) groups excluding carboxylic acids is 1. The van der Waals surface area contributed by atoms with Crippen LogP contribution in [-0.4, -0.2) is 24.9 Å². The second kappa shape index (κ2) is 4.09. The van der Waals surface area contributed by atoms with Gasteiger partial charge in [0.25, 0.3) is 5.91 Å². The summed E-state index contributed by atoms with van der Waals surface area (Å²) in [6.07, 6.45) is 0. The van der Waals surface area contributed by atoms with E-state index in [0.717, 1.165) is 0 Å². The number of amides is 1. The van der Waals surface area contributed by atoms with Crippen LogP contribution in [0, 0.1) is 12.7 Å². The van der Waals surface area contributed by atoms with E-state index in [9.17, 15) is 9.18 Å². The molecule has 1 aromatic rings. The van der Waals surface area contributed by atoms with Crippen molar-refractivity contribution in [1.29, 1.82) is 0 Å². The van der Waals surface area contributed by atoms with E-state index >= 15 is 0 Å². The second-order valence-electron chi connectivity index (χ2n) is 3.25. The molecule has 0 aliphatic rings. The molecule has 0 atom stereocenters. The standard InChI is InChI=1S/C10H11BrFNO/c1-6-4-5-7(11)8(9(6)12)10(14)13(2)3/h4-5H,1-3H3. The van der Waals surface area contributed by atoms with Crippen LogP contribution in [0.5, 0.6) is 0 Å². The molecule has 0 saturated heterocycles. The highest BCUT2D eigenvalue weighted by atomic mass is 79.9. The predicted molar refractivity (Wildman–Crippen MR) is 56.9 cm³/mol. The third kappa shape index (κ3) is 1.95. The summed E-state index contributed by atoms with van der Waals surface area (Å²) in [5, 5.41) is 0. The van der Waals surface area contributed by atoms with Crippen molar-refractivity contribution in [3.8, 4) is 0 Å². The van der Waals surface area contributed by atoms with Crippen molar-refractivity contribution < 1.29 is 9.18 Å². The Morgan fingerprint density at radius 3 is 2.50 bits per heavy atom. The first kappa shape index (κ1) is 11.2. The molecule has 0 spiro atoms. The van der Waals surface area contributed by atoms with Crippen LogP contribution in [0.4, 0.5) is 4.39 Å². The first-order chi connectivity index (χ1) is 6.45. The molecule has 1 rings (SSSR count). The van der Waals surface area contributed by atoms with Gasteiger partial charge in [-0.25, -0.2) is 4.39 Å². The smallest absolute Gasteiger partial charge is 0.257 e. The molecule has 0 heterocycles. The topological polar surface area (TPSA) is 20.3 Å². The third-order valence-corrected chi connectivity index (χ3v) is 2.57. The summed E-state index contributed by atoms with van der Waals surface area (Å²) in [4.78, 5) is 12.9. The lowest BCUT2D eigenvalue weighted by Gasteiger charge is -2.13. The molecular weight excluding hydrogens is 249 g/mol. The summed E-state index contributed by atoms with van der Waals surface area (Å²) in [5.74, 6) is -0.795. The maximum absolute atomic E-state index is 13.6. The van der Waals surface area contributed by atoms with Gasteiger partial charge in [0.05, 0.1) is 5.56 Å². The van der Waals surface area contributed by atoms with Crippen molar-refractivity contribution >= 4 is 21.8 Å². The highest BCUT2D eigenvalue weighted by molar-refractivity contribution is 9.10. The molecule has 0 N–H and O–H groups in total. The Labute approximate surface area is 90.8 Å². The van der Waals surface area contributed by atoms with Crippen molar-refractivity contribution in [1.82, 2.24) is 4.90 Å². The number of hydrogen-bond donors (Lipinski definition) is 0. The first-order valence-electron chi connectivity index (χ1n) is 4.11. The van der Waals surface area contributed by atoms with Crippen molar-refractivity contribution in [2.45, 2.75) is 6.92 Å². The van der Waals surface area contributed by atoms with Crippen molar-refractivity contribution in [2.24, 2.45) is 0 Å². The molecule has 0 bridgehead atoms. The molecule has 0 aliphatic heterocycles. The average Bonchev–Trinajstić information content (AvgIpc) is 2.12. The Morgan fingerprint density at radius 2 is 2.00 bits per heavy atom. The van der Waals surface area contributed by atoms with Crippen LogP contribution in [0.25, 0.3) is 0 Å². The lowest BCUT2D eigenvalue weighted by atomic mass is 10.1. The minimum Gasteiger partial charge on any atom is -0.345 e. The van der Waals surface area contributed by atoms with Gasteiger partial charge in [-0.3, -0.25) is 4.79 Å². The van der Waals surface area contributed by atoms with E-state index in [1.54, 1.807) is 33.2 Å². The SMILES string of the molecule is Cc1ccc(Br)c(C(=O)N(C)C)c1F. The second-order valence-corrected chi connectivity index (χ2v) is 4.11. The van der Waals surface area contributed by atoms with Crippen LogP contribution >= 0.6 is 15.9 Å². The number of nitrogens with zero attached hydrogens (tertiary/aromatic N) is 1. The van der Waals surface area contributed by atoms with Gasteiger partial charge in [0, 0.05) is 18.6 Å². The molecule has 0 fully saturated rings. The molecule has 0 aliphatic carbocycles. The summed E-state index contributed by atoms with van der Waals surface area (Å²) < 4.78 is 14.1. The zero-order valence-electron chi connectivity index (χ0n) is 8.27. The Morgan fingerprint density at radius 1 is 1.43 bits per heavy atom. The van der Waals surface area contributed by atoms with Crippen LogP contribution in [0.1, 0.15) is 15.9 Å². The molecule has 4 heteroatoms. The van der Waals surface area contributed by atoms with Crippen LogP contribution in [-0.2, 0) is 0 Å². The molecule has 1 amide bonds. The van der Waals surface area contributed by atoms with E-state index in [4.69, 9.17) is 0 Å². The number of hydrogen-bond acceptors (Lipinski definition) is 1. The van der Waals surface area contributed by atoms with E-state index in [2.05, 4.69) is 15.9 Å². The third-order valence-electron chi connectivity index (χ3n) is 1.90. The lowest BCUT2D eigenvalue weighted by Crippen LogP contribution is -2.23. The summed E-state index contributed by atoms with van der Waals surface area (Å²) in [6.45, 7) is 1.63. The zero-order chi connectivity index (χ0) is 10.9. The van der Waals surface area contributed by atoms with Gasteiger partial charge >= 0.3 is 0 Å². The Bertz CT molecular complexity index is 377. The highest BCUT2D eigenvalue weighted by Gasteiger charge is 2.18. The summed E-state index contributed by atoms with van der Waals surface area (Å²) in [6, 6.07) is 3.31. The molecular formula is C10H11BrFNO. The lowest BCUT2D eigenvalue weighted by molar-refractivity contribution is 0.0822. The highest BCUT2D eigenvalue weighted by Crippen LogP contribution is 2.23. The molecule has 14 heavy (non-hydrogen) atoms. The van der Waals surface area contributed by atoms with E-state index in [1.807, 2.05) is 0 Å². The normalized spacial score (nSPS) is 10.1. The fraction of sp³-hybridized carbons (Fsp3) is 0.300. The number of rotatable bonds is 1. The van der Waals surface area contributed by atoms with E-state index in [0.29, 0.717) is 10.0 Å². The summed E-state index contributed by atoms with van der Waals surface area (Å²) in [7, 11) is 3.19. The number of carbonyl (C=O) groups is 1. The van der Waals surface area contributed by atoms with Crippen molar-refractivity contribution in [3.63, 3.8) is 0 Å². The van der Waals surface area contributed by atoms with E-state index in [1.165, 1.54) is 4.90 Å². The van der Waals surface area contributed by atoms with E-state index < -0.39 is 5.82 Å². The molecule has 0 unspecified atom stereocenters. The van der Waals surface area contributed by atoms with Gasteiger partial charge in [-0.2, -0.15) is 0 Å². The Hall–Kier alpha value is -0.900. The van der Waals surface area contributed by atoms with Crippen LogP contribution in [0.3, 0.4) is 0 Å². The number of benzene rings is 1. The minimum absolute atomic E-state index is 0.0926. The maximum Gasteiger partial charge on any atom is 0.257 e. The molecule has 0 aromatic heterocycles. The quantitative estimate of drug-likeness (QED) is 0.760. The first-order valence-corrected chi connectivity index (χ1v) is 4.90. The summed E-state index contributed by atoms with van der Waals surface area (Å²) in [5.41, 5.74) is 0.563. The average molecular weight is 260 g/mol. The molecule has 1 aromatic carbocycles. The Kier molecular flexibility index (Phi) is 3.26. The van der Waals surface area contributed by atoms with E-state index in [-0.39, 0.29) is 11.5 Å². The van der Waals surface area contributed by atoms with Gasteiger partial charge in [-0.15, -0.1) is 0 Å². The molecule has 0 radical (unpaired) electrons. The molecule has 76 valence electrons. The van der Waals surface area contributed by atoms with Crippen LogP contribution in [0.15, 0.2) is 16.6 Å². The van der Waals surface area contributed by atoms with Crippen molar-refractivity contribution in [3.05, 3.63) is 33.5 Å². The largest absolute Gasteiger partial charge is 0.345 e. The molecule has 0 saturated carbocycles. The van der Waals surface area contributed by atoms with Gasteiger partial charge in [0.2, 0.25) is 0 Å². The number of halogens is 2. The minimum atomic E-state index is -0.460. The zero-order valence-corrected chi connectivity index (χ0v) is 9.85. The fourth-order valence-corrected chi connectivity index (χ4v) is 1.55. The van der Waals surface area contributed by atoms with Gasteiger partial charge in [0.1, 0.15) is 5.82 Å². The van der Waals surface area contributed by atoms with Gasteiger partial charge < -0.3 is 4.90 Å². The van der Waals surface area contributed by atoms with Gasteiger partial charge in [0.15, 0.2) is 0 Å². The van der Waals surface area contributed by atoms with Gasteiger partial charge in [-0.05, 0) is 34.5 Å². The Balaban J connectivity index is 3.33.